The zero-order valence-electron chi connectivity index (χ0n) is 20.8. The molecule has 0 bridgehead atoms. The van der Waals surface area contributed by atoms with E-state index in [4.69, 9.17) is 33.9 Å². The number of alkyl halides is 3. The molecule has 0 saturated heterocycles. The summed E-state index contributed by atoms with van der Waals surface area (Å²) in [4.78, 5) is 4.85. The van der Waals surface area contributed by atoms with Crippen LogP contribution in [0.1, 0.15) is 25.0 Å². The lowest BCUT2D eigenvalue weighted by molar-refractivity contribution is -0.274. The minimum Gasteiger partial charge on any atom is -0.406 e. The van der Waals surface area contributed by atoms with Crippen molar-refractivity contribution >= 4 is 39.9 Å². The van der Waals surface area contributed by atoms with Crippen LogP contribution in [0.2, 0.25) is 10.0 Å². The van der Waals surface area contributed by atoms with Crippen molar-refractivity contribution in [2.24, 2.45) is 16.1 Å². The van der Waals surface area contributed by atoms with Crippen LogP contribution in [-0.2, 0) is 19.7 Å². The Balaban J connectivity index is 1.95. The first-order chi connectivity index (χ1) is 17.9. The normalized spacial score (nSPS) is 12.9. The van der Waals surface area contributed by atoms with E-state index in [-0.39, 0.29) is 17.8 Å². The predicted octanol–water partition coefficient (Wildman–Crippen LogP) is 6.41. The molecule has 0 atom stereocenters. The van der Waals surface area contributed by atoms with Crippen LogP contribution in [0.15, 0.2) is 65.7 Å². The third kappa shape index (κ3) is 6.53. The summed E-state index contributed by atoms with van der Waals surface area (Å²) in [6.45, 7) is 5.29. The number of ether oxygens (including phenoxy) is 1. The molecule has 0 fully saturated rings. The summed E-state index contributed by atoms with van der Waals surface area (Å²) in [6.07, 6.45) is -4.79. The SMILES string of the molecule is CC(C)(CN)Cn1c(=Nc2ccc(OC(F)(F)F)cc2)n(Cc2ccc(CO)cc2)c2cc(Cl)c(Cl)cc21. The summed E-state index contributed by atoms with van der Waals surface area (Å²) in [5.41, 5.74) is 9.99. The van der Waals surface area contributed by atoms with Crippen LogP contribution in [0, 0.1) is 5.41 Å². The molecule has 0 aliphatic carbocycles. The second-order valence-electron chi connectivity index (χ2n) is 9.72. The Kier molecular flexibility index (Phi) is 8.13. The van der Waals surface area contributed by atoms with Crippen molar-refractivity contribution < 1.29 is 23.0 Å². The first-order valence-electron chi connectivity index (χ1n) is 11.8. The molecule has 0 radical (unpaired) electrons. The van der Waals surface area contributed by atoms with E-state index >= 15 is 0 Å². The van der Waals surface area contributed by atoms with Gasteiger partial charge in [0, 0.05) is 6.54 Å². The Labute approximate surface area is 227 Å². The molecule has 4 aromatic rings. The maximum atomic E-state index is 12.6. The summed E-state index contributed by atoms with van der Waals surface area (Å²) in [5, 5.41) is 10.2. The molecule has 38 heavy (non-hydrogen) atoms. The third-order valence-corrected chi connectivity index (χ3v) is 6.79. The molecule has 1 aromatic heterocycles. The van der Waals surface area contributed by atoms with Gasteiger partial charge in [0.1, 0.15) is 5.75 Å². The lowest BCUT2D eigenvalue weighted by Gasteiger charge is -2.23. The number of aliphatic hydroxyl groups excluding tert-OH is 1. The highest BCUT2D eigenvalue weighted by Crippen LogP contribution is 2.30. The van der Waals surface area contributed by atoms with E-state index in [1.165, 1.54) is 24.3 Å². The topological polar surface area (TPSA) is 77.7 Å². The highest BCUT2D eigenvalue weighted by molar-refractivity contribution is 6.42. The highest BCUT2D eigenvalue weighted by Gasteiger charge is 2.31. The lowest BCUT2D eigenvalue weighted by atomic mass is 9.94. The van der Waals surface area contributed by atoms with Gasteiger partial charge in [0.05, 0.1) is 39.9 Å². The Morgan fingerprint density at radius 2 is 1.45 bits per heavy atom. The Hall–Kier alpha value is -2.98. The maximum absolute atomic E-state index is 12.6. The van der Waals surface area contributed by atoms with Gasteiger partial charge in [0.2, 0.25) is 5.62 Å². The van der Waals surface area contributed by atoms with E-state index in [9.17, 15) is 18.3 Å². The van der Waals surface area contributed by atoms with Crippen LogP contribution in [0.3, 0.4) is 0 Å². The quantitative estimate of drug-likeness (QED) is 0.259. The number of aromatic nitrogens is 2. The third-order valence-electron chi connectivity index (χ3n) is 6.07. The lowest BCUT2D eigenvalue weighted by Crippen LogP contribution is -2.35. The number of benzene rings is 3. The number of aliphatic hydroxyl groups is 1. The zero-order chi connectivity index (χ0) is 27.7. The molecule has 0 unspecified atom stereocenters. The maximum Gasteiger partial charge on any atom is 0.573 e. The molecule has 0 amide bonds. The fourth-order valence-corrected chi connectivity index (χ4v) is 4.33. The van der Waals surface area contributed by atoms with Crippen molar-refractivity contribution in [1.29, 1.82) is 0 Å². The molecule has 6 nitrogen and oxygen atoms in total. The Morgan fingerprint density at radius 3 is 1.97 bits per heavy atom. The van der Waals surface area contributed by atoms with Crippen LogP contribution in [0.5, 0.6) is 5.75 Å². The molecule has 0 spiro atoms. The number of nitrogens with zero attached hydrogens (tertiary/aromatic N) is 3. The van der Waals surface area contributed by atoms with Gasteiger partial charge in [0.15, 0.2) is 0 Å². The number of fused-ring (bicyclic) bond motifs is 1. The average Bonchev–Trinajstić information content (AvgIpc) is 3.11. The molecule has 11 heteroatoms. The van der Waals surface area contributed by atoms with E-state index in [2.05, 4.69) is 4.74 Å². The molecule has 3 N–H and O–H groups in total. The molecule has 202 valence electrons. The van der Waals surface area contributed by atoms with E-state index in [0.717, 1.165) is 22.2 Å². The van der Waals surface area contributed by atoms with Crippen molar-refractivity contribution in [3.05, 3.63) is 87.5 Å². The van der Waals surface area contributed by atoms with Gasteiger partial charge < -0.3 is 24.7 Å². The van der Waals surface area contributed by atoms with Gasteiger partial charge in [-0.2, -0.15) is 0 Å². The molecule has 1 heterocycles. The first-order valence-corrected chi connectivity index (χ1v) is 12.5. The number of nitrogens with two attached hydrogens (primary N) is 1. The standard InChI is InChI=1S/C27H27Cl2F3N4O2/c1-26(2,15-33)16-36-24-12-22(29)21(28)11-23(24)35(13-17-3-5-18(14-37)6-4-17)25(36)34-19-7-9-20(10-8-19)38-27(30,31)32/h3-12,37H,13-16,33H2,1-2H3. The van der Waals surface area contributed by atoms with Gasteiger partial charge in [-0.05, 0) is 59.5 Å². The minimum absolute atomic E-state index is 0.0658. The van der Waals surface area contributed by atoms with Crippen molar-refractivity contribution in [2.45, 2.75) is 39.9 Å². The molecule has 3 aromatic carbocycles. The Bertz CT molecular complexity index is 1490. The molecular formula is C27H27Cl2F3N4O2. The van der Waals surface area contributed by atoms with Gasteiger partial charge in [-0.15, -0.1) is 13.2 Å². The molecule has 0 saturated carbocycles. The predicted molar refractivity (Wildman–Crippen MR) is 143 cm³/mol. The molecule has 0 aliphatic heterocycles. The van der Waals surface area contributed by atoms with Crippen LogP contribution in [0.25, 0.3) is 11.0 Å². The monoisotopic (exact) mass is 566 g/mol. The van der Waals surface area contributed by atoms with Crippen LogP contribution < -0.4 is 16.1 Å². The van der Waals surface area contributed by atoms with Gasteiger partial charge >= 0.3 is 6.36 Å². The Morgan fingerprint density at radius 1 is 0.895 bits per heavy atom. The van der Waals surface area contributed by atoms with Crippen molar-refractivity contribution in [2.75, 3.05) is 6.54 Å². The smallest absolute Gasteiger partial charge is 0.406 e. The second kappa shape index (κ2) is 11.0. The fraction of sp³-hybridized carbons (Fsp3) is 0.296. The molecular weight excluding hydrogens is 540 g/mol. The minimum atomic E-state index is -4.79. The largest absolute Gasteiger partial charge is 0.573 e. The van der Waals surface area contributed by atoms with Crippen molar-refractivity contribution in [3.8, 4) is 5.75 Å². The van der Waals surface area contributed by atoms with E-state index < -0.39 is 6.36 Å². The number of halogens is 5. The van der Waals surface area contributed by atoms with Crippen LogP contribution in [0.4, 0.5) is 18.9 Å². The highest BCUT2D eigenvalue weighted by atomic mass is 35.5. The first kappa shape index (κ1) is 28.0. The zero-order valence-corrected chi connectivity index (χ0v) is 22.3. The fourth-order valence-electron chi connectivity index (χ4n) is 4.01. The number of hydrogen-bond acceptors (Lipinski definition) is 4. The summed E-state index contributed by atoms with van der Waals surface area (Å²) in [7, 11) is 0. The van der Waals surface area contributed by atoms with Gasteiger partial charge in [-0.3, -0.25) is 0 Å². The number of imidazole rings is 1. The van der Waals surface area contributed by atoms with E-state index in [1.54, 1.807) is 12.1 Å². The summed E-state index contributed by atoms with van der Waals surface area (Å²) < 4.78 is 45.8. The summed E-state index contributed by atoms with van der Waals surface area (Å²) in [6, 6.07) is 16.4. The molecule has 0 aliphatic rings. The number of rotatable bonds is 8. The van der Waals surface area contributed by atoms with Crippen LogP contribution in [-0.4, -0.2) is 27.1 Å². The van der Waals surface area contributed by atoms with E-state index in [0.29, 0.717) is 41.0 Å². The molecule has 4 rings (SSSR count). The van der Waals surface area contributed by atoms with Gasteiger partial charge in [-0.25, -0.2) is 4.99 Å². The van der Waals surface area contributed by atoms with Gasteiger partial charge in [0.25, 0.3) is 0 Å². The van der Waals surface area contributed by atoms with Crippen LogP contribution >= 0.6 is 23.2 Å². The van der Waals surface area contributed by atoms with Gasteiger partial charge in [-0.1, -0.05) is 61.3 Å². The van der Waals surface area contributed by atoms with Crippen molar-refractivity contribution in [3.63, 3.8) is 0 Å². The number of hydrogen-bond donors (Lipinski definition) is 2. The second-order valence-corrected chi connectivity index (χ2v) is 10.5. The van der Waals surface area contributed by atoms with E-state index in [1.807, 2.05) is 47.2 Å². The summed E-state index contributed by atoms with van der Waals surface area (Å²) >= 11 is 12.8. The summed E-state index contributed by atoms with van der Waals surface area (Å²) in [5.74, 6) is -0.336. The average molecular weight is 567 g/mol. The van der Waals surface area contributed by atoms with Crippen molar-refractivity contribution in [1.82, 2.24) is 9.13 Å².